The molecule has 1 saturated heterocycles. The molecule has 0 spiro atoms. The van der Waals surface area contributed by atoms with E-state index in [0.717, 1.165) is 6.42 Å². The summed E-state index contributed by atoms with van der Waals surface area (Å²) in [6.07, 6.45) is 6.05. The molecule has 2 rings (SSSR count). The van der Waals surface area contributed by atoms with Crippen molar-refractivity contribution in [2.24, 2.45) is 5.92 Å². The average Bonchev–Trinajstić information content (AvgIpc) is 3.04. The zero-order chi connectivity index (χ0) is 13.8. The molecule has 2 atom stereocenters. The number of rotatable bonds is 5. The highest BCUT2D eigenvalue weighted by molar-refractivity contribution is 5.84. The number of hydrogen-bond donors (Lipinski definition) is 1. The molecule has 0 radical (unpaired) electrons. The van der Waals surface area contributed by atoms with Crippen LogP contribution in [0.4, 0.5) is 0 Å². The van der Waals surface area contributed by atoms with Crippen LogP contribution in [0.1, 0.15) is 45.4 Å². The predicted octanol–water partition coefficient (Wildman–Crippen LogP) is 1.28. The highest BCUT2D eigenvalue weighted by Crippen LogP contribution is 2.32. The third-order valence-electron chi connectivity index (χ3n) is 4.33. The van der Waals surface area contributed by atoms with E-state index in [2.05, 4.69) is 10.1 Å². The third kappa shape index (κ3) is 3.08. The van der Waals surface area contributed by atoms with Gasteiger partial charge in [0.25, 0.3) is 0 Å². The van der Waals surface area contributed by atoms with Gasteiger partial charge in [0, 0.05) is 6.54 Å². The molecule has 2 unspecified atom stereocenters. The average molecular weight is 268 g/mol. The van der Waals surface area contributed by atoms with Crippen LogP contribution in [0.2, 0.25) is 0 Å². The summed E-state index contributed by atoms with van der Waals surface area (Å²) in [5.41, 5.74) is 0. The highest BCUT2D eigenvalue weighted by Gasteiger charge is 2.42. The van der Waals surface area contributed by atoms with Crippen molar-refractivity contribution in [1.29, 1.82) is 0 Å². The predicted molar refractivity (Wildman–Crippen MR) is 71.3 cm³/mol. The van der Waals surface area contributed by atoms with Gasteiger partial charge >= 0.3 is 5.97 Å². The molecular weight excluding hydrogens is 244 g/mol. The van der Waals surface area contributed by atoms with Crippen LogP contribution >= 0.6 is 0 Å². The van der Waals surface area contributed by atoms with E-state index >= 15 is 0 Å². The number of esters is 1. The fourth-order valence-electron chi connectivity index (χ4n) is 3.22. The minimum atomic E-state index is -0.252. The Morgan fingerprint density at radius 2 is 2.11 bits per heavy atom. The summed E-state index contributed by atoms with van der Waals surface area (Å²) < 4.78 is 4.66. The lowest BCUT2D eigenvalue weighted by atomic mass is 10.0. The molecule has 1 heterocycles. The van der Waals surface area contributed by atoms with Gasteiger partial charge in [0.05, 0.1) is 25.7 Å². The van der Waals surface area contributed by atoms with Gasteiger partial charge in [-0.15, -0.1) is 0 Å². The van der Waals surface area contributed by atoms with Crippen molar-refractivity contribution in [3.8, 4) is 0 Å². The molecule has 19 heavy (non-hydrogen) atoms. The molecule has 5 heteroatoms. The van der Waals surface area contributed by atoms with Crippen molar-refractivity contribution in [2.75, 3.05) is 13.7 Å². The van der Waals surface area contributed by atoms with Crippen LogP contribution in [0.5, 0.6) is 0 Å². The van der Waals surface area contributed by atoms with Crippen LogP contribution in [0.3, 0.4) is 0 Å². The molecule has 0 bridgehead atoms. The normalized spacial score (nSPS) is 28.1. The van der Waals surface area contributed by atoms with Gasteiger partial charge < -0.3 is 9.64 Å². The van der Waals surface area contributed by atoms with Crippen LogP contribution in [0.25, 0.3) is 0 Å². The second-order valence-corrected chi connectivity index (χ2v) is 5.47. The van der Waals surface area contributed by atoms with E-state index in [1.165, 1.54) is 32.8 Å². The summed E-state index contributed by atoms with van der Waals surface area (Å²) >= 11 is 0. The maximum atomic E-state index is 12.3. The zero-order valence-corrected chi connectivity index (χ0v) is 11.9. The Bertz CT molecular complexity index is 340. The summed E-state index contributed by atoms with van der Waals surface area (Å²) in [6.45, 7) is 2.49. The van der Waals surface area contributed by atoms with Crippen molar-refractivity contribution in [3.63, 3.8) is 0 Å². The van der Waals surface area contributed by atoms with Crippen molar-refractivity contribution >= 4 is 11.9 Å². The number of nitrogens with zero attached hydrogens (tertiary/aromatic N) is 1. The maximum Gasteiger partial charge on any atom is 0.307 e. The molecule has 5 nitrogen and oxygen atoms in total. The van der Waals surface area contributed by atoms with Crippen molar-refractivity contribution < 1.29 is 14.3 Å². The Morgan fingerprint density at radius 1 is 1.42 bits per heavy atom. The van der Waals surface area contributed by atoms with Gasteiger partial charge in [-0.25, -0.2) is 0 Å². The summed E-state index contributed by atoms with van der Waals surface area (Å²) in [5, 5.41) is 3.45. The molecular formula is C14H24N2O3. The number of hydrogen-bond acceptors (Lipinski definition) is 4. The molecule has 0 aromatic heterocycles. The summed E-state index contributed by atoms with van der Waals surface area (Å²) in [5.74, 6) is 0.430. The smallest absolute Gasteiger partial charge is 0.307 e. The summed E-state index contributed by atoms with van der Waals surface area (Å²) in [4.78, 5) is 25.5. The largest absolute Gasteiger partial charge is 0.469 e. The van der Waals surface area contributed by atoms with Gasteiger partial charge in [-0.05, 0) is 25.2 Å². The molecule has 1 amide bonds. The lowest BCUT2D eigenvalue weighted by Crippen LogP contribution is -2.43. The minimum Gasteiger partial charge on any atom is -0.469 e. The van der Waals surface area contributed by atoms with E-state index in [-0.39, 0.29) is 30.5 Å². The quantitative estimate of drug-likeness (QED) is 0.763. The van der Waals surface area contributed by atoms with Gasteiger partial charge in [-0.1, -0.05) is 19.8 Å². The molecule has 1 saturated carbocycles. The van der Waals surface area contributed by atoms with E-state index < -0.39 is 0 Å². The lowest BCUT2D eigenvalue weighted by molar-refractivity contribution is -0.141. The summed E-state index contributed by atoms with van der Waals surface area (Å²) in [6, 6.07) is -0.0803. The number of nitrogens with one attached hydrogen (secondary N) is 1. The van der Waals surface area contributed by atoms with Crippen molar-refractivity contribution in [2.45, 2.75) is 57.7 Å². The Labute approximate surface area is 114 Å². The Hall–Kier alpha value is -1.10. The number of methoxy groups -OCH3 is 1. The van der Waals surface area contributed by atoms with E-state index in [1.54, 1.807) is 0 Å². The molecule has 2 aliphatic rings. The Balaban J connectivity index is 2.01. The van der Waals surface area contributed by atoms with Gasteiger partial charge in [-0.2, -0.15) is 0 Å². The van der Waals surface area contributed by atoms with Crippen LogP contribution in [0, 0.1) is 5.92 Å². The zero-order valence-electron chi connectivity index (χ0n) is 11.9. The second kappa shape index (κ2) is 6.37. The topological polar surface area (TPSA) is 58.6 Å². The molecule has 1 N–H and O–H groups in total. The van der Waals surface area contributed by atoms with Crippen LogP contribution < -0.4 is 5.32 Å². The SMILES string of the molecule is CCC1NC(C2CCCC2)N(CCC(=O)OC)C1=O. The van der Waals surface area contributed by atoms with Gasteiger partial charge in [0.2, 0.25) is 5.91 Å². The fourth-order valence-corrected chi connectivity index (χ4v) is 3.22. The molecule has 0 aromatic carbocycles. The van der Waals surface area contributed by atoms with E-state index in [4.69, 9.17) is 0 Å². The van der Waals surface area contributed by atoms with Crippen LogP contribution in [-0.2, 0) is 14.3 Å². The van der Waals surface area contributed by atoms with Gasteiger partial charge in [0.15, 0.2) is 0 Å². The monoisotopic (exact) mass is 268 g/mol. The third-order valence-corrected chi connectivity index (χ3v) is 4.33. The van der Waals surface area contributed by atoms with Gasteiger partial charge in [-0.3, -0.25) is 14.9 Å². The molecule has 1 aliphatic heterocycles. The maximum absolute atomic E-state index is 12.3. The van der Waals surface area contributed by atoms with E-state index in [0.29, 0.717) is 12.5 Å². The number of carbonyl (C=O) groups is 2. The molecule has 108 valence electrons. The number of carbonyl (C=O) groups excluding carboxylic acids is 2. The lowest BCUT2D eigenvalue weighted by Gasteiger charge is -2.28. The summed E-state index contributed by atoms with van der Waals surface area (Å²) in [7, 11) is 1.38. The number of ether oxygens (including phenoxy) is 1. The second-order valence-electron chi connectivity index (χ2n) is 5.47. The van der Waals surface area contributed by atoms with Crippen molar-refractivity contribution in [3.05, 3.63) is 0 Å². The molecule has 0 aromatic rings. The van der Waals surface area contributed by atoms with E-state index in [9.17, 15) is 9.59 Å². The van der Waals surface area contributed by atoms with Crippen molar-refractivity contribution in [1.82, 2.24) is 10.2 Å². The first kappa shape index (κ1) is 14.3. The van der Waals surface area contributed by atoms with E-state index in [1.807, 2.05) is 11.8 Å². The van der Waals surface area contributed by atoms with Gasteiger partial charge in [0.1, 0.15) is 0 Å². The van der Waals surface area contributed by atoms with Crippen LogP contribution in [0.15, 0.2) is 0 Å². The minimum absolute atomic E-state index is 0.0803. The fraction of sp³-hybridized carbons (Fsp3) is 0.857. The standard InChI is InChI=1S/C14H24N2O3/c1-3-11-14(18)16(9-8-12(17)19-2)13(15-11)10-6-4-5-7-10/h10-11,13,15H,3-9H2,1-2H3. The first-order valence-electron chi connectivity index (χ1n) is 7.30. The Morgan fingerprint density at radius 3 is 2.68 bits per heavy atom. The first-order chi connectivity index (χ1) is 9.17. The Kier molecular flexibility index (Phi) is 4.80. The highest BCUT2D eigenvalue weighted by atomic mass is 16.5. The first-order valence-corrected chi connectivity index (χ1v) is 7.30. The number of amides is 1. The molecule has 1 aliphatic carbocycles. The van der Waals surface area contributed by atoms with Crippen LogP contribution in [-0.4, -0.2) is 42.6 Å². The molecule has 2 fully saturated rings.